The molecule has 1 unspecified atom stereocenters. The molecule has 0 aromatic heterocycles. The molecule has 0 rings (SSSR count). The van der Waals surface area contributed by atoms with Gasteiger partial charge in [-0.25, -0.2) is 0 Å². The van der Waals surface area contributed by atoms with E-state index in [0.717, 1.165) is 12.8 Å². The lowest BCUT2D eigenvalue weighted by molar-refractivity contribution is -0.119. The number of carbonyl (C=O) groups excluding carboxylic acids is 1. The van der Waals surface area contributed by atoms with Crippen molar-refractivity contribution in [3.8, 4) is 0 Å². The van der Waals surface area contributed by atoms with Crippen LogP contribution in [0.15, 0.2) is 0 Å². The van der Waals surface area contributed by atoms with Crippen molar-refractivity contribution >= 4 is 5.78 Å². The van der Waals surface area contributed by atoms with Gasteiger partial charge in [0.25, 0.3) is 0 Å². The minimum absolute atomic E-state index is 0.393. The first-order valence-electron chi connectivity index (χ1n) is 3.72. The topological polar surface area (TPSA) is 17.1 Å². The summed E-state index contributed by atoms with van der Waals surface area (Å²) in [4.78, 5) is 10.8. The summed E-state index contributed by atoms with van der Waals surface area (Å²) in [5, 5.41) is 0. The van der Waals surface area contributed by atoms with Gasteiger partial charge >= 0.3 is 0 Å². The van der Waals surface area contributed by atoms with Gasteiger partial charge in [-0.15, -0.1) is 0 Å². The van der Waals surface area contributed by atoms with Crippen molar-refractivity contribution in [3.05, 3.63) is 0 Å². The largest absolute Gasteiger partial charge is 0.300 e. The number of rotatable bonds is 4. The van der Waals surface area contributed by atoms with Crippen LogP contribution in [0.1, 0.15) is 40.0 Å². The van der Waals surface area contributed by atoms with Crippen LogP contribution in [0.3, 0.4) is 0 Å². The fraction of sp³-hybridized carbons (Fsp3) is 0.875. The van der Waals surface area contributed by atoms with Crippen LogP contribution in [0.25, 0.3) is 0 Å². The van der Waals surface area contributed by atoms with Crippen LogP contribution in [-0.4, -0.2) is 5.78 Å². The maximum atomic E-state index is 10.8. The molecule has 0 saturated carbocycles. The Morgan fingerprint density at radius 1 is 1.44 bits per heavy atom. The van der Waals surface area contributed by atoms with E-state index in [2.05, 4.69) is 13.8 Å². The molecule has 0 radical (unpaired) electrons. The smallest absolute Gasteiger partial charge is 0.132 e. The minimum atomic E-state index is 0.393. The summed E-state index contributed by atoms with van der Waals surface area (Å²) in [6.07, 6.45) is 2.59. The summed E-state index contributed by atoms with van der Waals surface area (Å²) < 4.78 is 0. The third-order valence-corrected chi connectivity index (χ3v) is 1.67. The molecule has 0 bridgehead atoms. The van der Waals surface area contributed by atoms with E-state index in [0.29, 0.717) is 18.1 Å². The summed E-state index contributed by atoms with van der Waals surface area (Å²) in [7, 11) is 0. The van der Waals surface area contributed by atoms with Crippen molar-refractivity contribution in [2.45, 2.75) is 40.0 Å². The first kappa shape index (κ1) is 8.67. The van der Waals surface area contributed by atoms with Gasteiger partial charge in [0.2, 0.25) is 0 Å². The Morgan fingerprint density at radius 2 is 2.00 bits per heavy atom. The molecule has 1 heteroatoms. The molecule has 1 atom stereocenters. The van der Waals surface area contributed by atoms with Crippen LogP contribution in [0, 0.1) is 5.92 Å². The Hall–Kier alpha value is -0.330. The molecule has 0 aliphatic heterocycles. The number of hydrogen-bond donors (Lipinski definition) is 0. The lowest BCUT2D eigenvalue weighted by Crippen LogP contribution is -2.02. The summed E-state index contributed by atoms with van der Waals surface area (Å²) in [5.74, 6) is 0.974. The fourth-order valence-corrected chi connectivity index (χ4v) is 0.677. The van der Waals surface area contributed by atoms with Crippen LogP contribution in [0.2, 0.25) is 0 Å². The van der Waals surface area contributed by atoms with E-state index in [-0.39, 0.29) is 0 Å². The Kier molecular flexibility index (Phi) is 4.37. The van der Waals surface area contributed by atoms with Gasteiger partial charge in [0.15, 0.2) is 0 Å². The average Bonchev–Trinajstić information content (AvgIpc) is 1.87. The molecule has 54 valence electrons. The highest BCUT2D eigenvalue weighted by molar-refractivity contribution is 5.78. The van der Waals surface area contributed by atoms with Crippen molar-refractivity contribution in [1.29, 1.82) is 0 Å². The van der Waals surface area contributed by atoms with E-state index in [9.17, 15) is 4.79 Å². The molecule has 0 saturated heterocycles. The molecular formula is C8H16O. The van der Waals surface area contributed by atoms with Crippen LogP contribution >= 0.6 is 0 Å². The Bertz CT molecular complexity index is 86.6. The second kappa shape index (κ2) is 4.54. The highest BCUT2D eigenvalue weighted by Gasteiger charge is 2.03. The van der Waals surface area contributed by atoms with Crippen molar-refractivity contribution in [1.82, 2.24) is 0 Å². The summed E-state index contributed by atoms with van der Waals surface area (Å²) >= 11 is 0. The zero-order chi connectivity index (χ0) is 7.28. The first-order chi connectivity index (χ1) is 4.20. The molecule has 0 aliphatic rings. The van der Waals surface area contributed by atoms with E-state index in [1.807, 2.05) is 6.92 Å². The van der Waals surface area contributed by atoms with Crippen molar-refractivity contribution in [2.24, 2.45) is 5.92 Å². The Labute approximate surface area is 57.5 Å². The van der Waals surface area contributed by atoms with Gasteiger partial charge in [0.05, 0.1) is 0 Å². The standard InChI is InChI=1S/C8H16O/c1-4-7(3)6-8(9)5-2/h7H,4-6H2,1-3H3. The second-order valence-electron chi connectivity index (χ2n) is 2.61. The molecule has 0 fully saturated rings. The van der Waals surface area contributed by atoms with Crippen LogP contribution in [0.5, 0.6) is 0 Å². The molecule has 0 aliphatic carbocycles. The van der Waals surface area contributed by atoms with Crippen LogP contribution in [-0.2, 0) is 4.79 Å². The van der Waals surface area contributed by atoms with Crippen molar-refractivity contribution in [3.63, 3.8) is 0 Å². The maximum Gasteiger partial charge on any atom is 0.132 e. The summed E-state index contributed by atoms with van der Waals surface area (Å²) in [5.41, 5.74) is 0. The highest BCUT2D eigenvalue weighted by Crippen LogP contribution is 2.07. The van der Waals surface area contributed by atoms with E-state index >= 15 is 0 Å². The number of hydrogen-bond acceptors (Lipinski definition) is 1. The van der Waals surface area contributed by atoms with Crippen LogP contribution < -0.4 is 0 Å². The van der Waals surface area contributed by atoms with Crippen molar-refractivity contribution < 1.29 is 4.79 Å². The zero-order valence-electron chi connectivity index (χ0n) is 6.61. The summed E-state index contributed by atoms with van der Waals surface area (Å²) in [6.45, 7) is 6.16. The summed E-state index contributed by atoms with van der Waals surface area (Å²) in [6, 6.07) is 0. The monoisotopic (exact) mass is 128 g/mol. The predicted molar refractivity (Wildman–Crippen MR) is 39.4 cm³/mol. The van der Waals surface area contributed by atoms with Crippen molar-refractivity contribution in [2.75, 3.05) is 0 Å². The quantitative estimate of drug-likeness (QED) is 0.568. The predicted octanol–water partition coefficient (Wildman–Crippen LogP) is 2.40. The molecule has 0 heterocycles. The minimum Gasteiger partial charge on any atom is -0.300 e. The van der Waals surface area contributed by atoms with E-state index in [4.69, 9.17) is 0 Å². The highest BCUT2D eigenvalue weighted by atomic mass is 16.1. The third-order valence-electron chi connectivity index (χ3n) is 1.67. The normalized spacial score (nSPS) is 13.2. The van der Waals surface area contributed by atoms with E-state index in [1.165, 1.54) is 0 Å². The van der Waals surface area contributed by atoms with Gasteiger partial charge in [-0.05, 0) is 5.92 Å². The molecule has 0 aromatic rings. The second-order valence-corrected chi connectivity index (χ2v) is 2.61. The first-order valence-corrected chi connectivity index (χ1v) is 3.72. The van der Waals surface area contributed by atoms with Gasteiger partial charge in [-0.1, -0.05) is 27.2 Å². The molecule has 0 N–H and O–H groups in total. The van der Waals surface area contributed by atoms with Gasteiger partial charge in [0.1, 0.15) is 5.78 Å². The number of ketones is 1. The van der Waals surface area contributed by atoms with Gasteiger partial charge in [-0.2, -0.15) is 0 Å². The van der Waals surface area contributed by atoms with Gasteiger partial charge in [-0.3, -0.25) is 4.79 Å². The molecular weight excluding hydrogens is 112 g/mol. The van der Waals surface area contributed by atoms with Crippen LogP contribution in [0.4, 0.5) is 0 Å². The lowest BCUT2D eigenvalue weighted by atomic mass is 10.0. The van der Waals surface area contributed by atoms with Gasteiger partial charge < -0.3 is 0 Å². The number of carbonyl (C=O) groups is 1. The Morgan fingerprint density at radius 3 is 2.33 bits per heavy atom. The average molecular weight is 128 g/mol. The number of Topliss-reactive ketones (excluding diaryl/α,β-unsaturated/α-hetero) is 1. The molecule has 0 spiro atoms. The molecule has 9 heavy (non-hydrogen) atoms. The SMILES string of the molecule is CCC(=O)CC(C)CC. The lowest BCUT2D eigenvalue weighted by Gasteiger charge is -2.03. The zero-order valence-corrected chi connectivity index (χ0v) is 6.61. The van der Waals surface area contributed by atoms with Gasteiger partial charge in [0, 0.05) is 12.8 Å². The molecule has 0 aromatic carbocycles. The van der Waals surface area contributed by atoms with E-state index in [1.54, 1.807) is 0 Å². The van der Waals surface area contributed by atoms with E-state index < -0.39 is 0 Å². The maximum absolute atomic E-state index is 10.8. The third kappa shape index (κ3) is 4.19. The fourth-order valence-electron chi connectivity index (χ4n) is 0.677. The molecule has 0 amide bonds. The molecule has 1 nitrogen and oxygen atoms in total. The Balaban J connectivity index is 3.34.